The molecule has 0 aliphatic carbocycles. The molecule has 0 aliphatic rings. The average molecular weight is 418 g/mol. The van der Waals surface area contributed by atoms with Gasteiger partial charge in [0.15, 0.2) is 0 Å². The van der Waals surface area contributed by atoms with Crippen molar-refractivity contribution >= 4 is 21.9 Å². The van der Waals surface area contributed by atoms with E-state index in [9.17, 15) is 22.4 Å². The number of nitrogens with one attached hydrogen (secondary N) is 1. The largest absolute Gasteiger partial charge is 0.481 e. The molecule has 3 N–H and O–H groups in total. The molecule has 0 fully saturated rings. The Labute approximate surface area is 164 Å². The molecule has 1 rings (SSSR count). The number of carbonyl (C=O) groups excluding carboxylic acids is 1. The lowest BCUT2D eigenvalue weighted by molar-refractivity contribution is -0.137. The normalized spacial score (nSPS) is 12.8. The van der Waals surface area contributed by atoms with E-state index in [-0.39, 0.29) is 23.4 Å². The van der Waals surface area contributed by atoms with Crippen LogP contribution in [0.5, 0.6) is 0 Å². The topological polar surface area (TPSA) is 124 Å². The van der Waals surface area contributed by atoms with Gasteiger partial charge in [0.05, 0.1) is 4.90 Å². The molecular formula is C18H27FN2O6S. The minimum Gasteiger partial charge on any atom is -0.481 e. The van der Waals surface area contributed by atoms with Crippen molar-refractivity contribution in [2.45, 2.75) is 63.3 Å². The fourth-order valence-corrected chi connectivity index (χ4v) is 4.45. The highest BCUT2D eigenvalue weighted by Crippen LogP contribution is 2.22. The van der Waals surface area contributed by atoms with Crippen molar-refractivity contribution in [3.8, 4) is 0 Å². The second kappa shape index (κ2) is 11.1. The molecule has 0 aliphatic heterocycles. The van der Waals surface area contributed by atoms with E-state index in [0.717, 1.165) is 22.9 Å². The molecule has 1 amide bonds. The number of carboxylic acids is 1. The summed E-state index contributed by atoms with van der Waals surface area (Å²) in [4.78, 5) is 22.2. The Hall–Kier alpha value is -2.04. The Bertz CT molecular complexity index is 784. The number of sulfonamides is 1. The molecule has 1 aromatic rings. The van der Waals surface area contributed by atoms with Crippen LogP contribution >= 0.6 is 0 Å². The summed E-state index contributed by atoms with van der Waals surface area (Å²) in [6.07, 6.45) is 3.20. The molecule has 1 atom stereocenters. The van der Waals surface area contributed by atoms with Crippen molar-refractivity contribution in [2.75, 3.05) is 6.54 Å². The summed E-state index contributed by atoms with van der Waals surface area (Å²) >= 11 is 0. The number of carbonyl (C=O) groups is 2. The Morgan fingerprint density at radius 3 is 2.36 bits per heavy atom. The molecule has 8 nitrogen and oxygen atoms in total. The number of halogens is 1. The third kappa shape index (κ3) is 6.84. The van der Waals surface area contributed by atoms with Gasteiger partial charge < -0.3 is 5.11 Å². The zero-order chi connectivity index (χ0) is 21.3. The van der Waals surface area contributed by atoms with E-state index < -0.39 is 33.8 Å². The van der Waals surface area contributed by atoms with Gasteiger partial charge >= 0.3 is 5.97 Å². The van der Waals surface area contributed by atoms with E-state index in [1.807, 2.05) is 0 Å². The summed E-state index contributed by atoms with van der Waals surface area (Å²) in [5.41, 5.74) is 1.62. The van der Waals surface area contributed by atoms with Crippen LogP contribution in [0.25, 0.3) is 0 Å². The van der Waals surface area contributed by atoms with Gasteiger partial charge in [0.1, 0.15) is 11.9 Å². The Kier molecular flexibility index (Phi) is 9.50. The lowest BCUT2D eigenvalue weighted by atomic mass is 10.1. The van der Waals surface area contributed by atoms with Crippen molar-refractivity contribution < 1.29 is 32.7 Å². The summed E-state index contributed by atoms with van der Waals surface area (Å²) in [5.74, 6) is -2.26. The van der Waals surface area contributed by atoms with E-state index in [1.165, 1.54) is 25.4 Å². The average Bonchev–Trinajstić information content (AvgIpc) is 2.64. The second-order valence-corrected chi connectivity index (χ2v) is 8.48. The first-order chi connectivity index (χ1) is 13.1. The van der Waals surface area contributed by atoms with Crippen molar-refractivity contribution in [1.82, 2.24) is 9.79 Å². The number of amides is 1. The maximum Gasteiger partial charge on any atom is 0.303 e. The standard InChI is InChI=1S/C18H27FN2O6S/c1-13-12-15(9-10-16(13)19)28(26,27)21(14(2)18(24)20-25)11-7-5-3-4-6-8-17(22)23/h9-10,12,14,25H,3-8,11H2,1-2H3,(H,20,24)(H,22,23)/t14-/m1/s1. The zero-order valence-electron chi connectivity index (χ0n) is 16.0. The van der Waals surface area contributed by atoms with Gasteiger partial charge in [-0.15, -0.1) is 0 Å². The molecular weight excluding hydrogens is 391 g/mol. The van der Waals surface area contributed by atoms with Crippen LogP contribution in [-0.2, 0) is 19.6 Å². The number of nitrogens with zero attached hydrogens (tertiary/aromatic N) is 1. The smallest absolute Gasteiger partial charge is 0.303 e. The lowest BCUT2D eigenvalue weighted by Gasteiger charge is -2.27. The lowest BCUT2D eigenvalue weighted by Crippen LogP contribution is -2.47. The third-order valence-corrected chi connectivity index (χ3v) is 6.39. The van der Waals surface area contributed by atoms with Gasteiger partial charge in [0, 0.05) is 13.0 Å². The van der Waals surface area contributed by atoms with E-state index >= 15 is 0 Å². The first-order valence-corrected chi connectivity index (χ1v) is 10.5. The molecule has 1 aromatic carbocycles. The summed E-state index contributed by atoms with van der Waals surface area (Å²) in [7, 11) is -4.09. The van der Waals surface area contributed by atoms with Gasteiger partial charge in [0.25, 0.3) is 5.91 Å². The van der Waals surface area contributed by atoms with Gasteiger partial charge in [-0.05, 0) is 50.5 Å². The van der Waals surface area contributed by atoms with E-state index in [4.69, 9.17) is 10.3 Å². The van der Waals surface area contributed by atoms with Crippen LogP contribution in [0, 0.1) is 12.7 Å². The quantitative estimate of drug-likeness (QED) is 0.272. The molecule has 0 bridgehead atoms. The molecule has 0 aromatic heterocycles. The van der Waals surface area contributed by atoms with Gasteiger partial charge in [-0.2, -0.15) is 4.31 Å². The number of unbranched alkanes of at least 4 members (excludes halogenated alkanes) is 4. The summed E-state index contributed by atoms with van der Waals surface area (Å²) in [5, 5.41) is 17.5. The molecule has 158 valence electrons. The predicted octanol–water partition coefficient (Wildman–Crippen LogP) is 2.44. The number of hydrogen-bond donors (Lipinski definition) is 3. The minimum atomic E-state index is -4.09. The highest BCUT2D eigenvalue weighted by atomic mass is 32.2. The maximum absolute atomic E-state index is 13.5. The number of benzene rings is 1. The fourth-order valence-electron chi connectivity index (χ4n) is 2.73. The van der Waals surface area contributed by atoms with Gasteiger partial charge in [-0.1, -0.05) is 19.3 Å². The summed E-state index contributed by atoms with van der Waals surface area (Å²) in [6.45, 7) is 2.83. The number of hydrogen-bond acceptors (Lipinski definition) is 5. The van der Waals surface area contributed by atoms with E-state index in [2.05, 4.69) is 0 Å². The Morgan fingerprint density at radius 1 is 1.18 bits per heavy atom. The number of aliphatic carboxylic acids is 1. The molecule has 10 heteroatoms. The summed E-state index contributed by atoms with van der Waals surface area (Å²) in [6, 6.07) is 2.24. The monoisotopic (exact) mass is 418 g/mol. The highest BCUT2D eigenvalue weighted by Gasteiger charge is 2.32. The third-order valence-electron chi connectivity index (χ3n) is 4.43. The second-order valence-electron chi connectivity index (χ2n) is 6.59. The molecule has 0 unspecified atom stereocenters. The highest BCUT2D eigenvalue weighted by molar-refractivity contribution is 7.89. The Balaban J connectivity index is 2.86. The number of rotatable bonds is 12. The number of carboxylic acid groups (broad SMARTS) is 1. The van der Waals surface area contributed by atoms with E-state index in [1.54, 1.807) is 0 Å². The summed E-state index contributed by atoms with van der Waals surface area (Å²) < 4.78 is 40.4. The molecule has 0 spiro atoms. The Morgan fingerprint density at radius 2 is 1.79 bits per heavy atom. The van der Waals surface area contributed by atoms with Crippen LogP contribution in [0.1, 0.15) is 51.0 Å². The fraction of sp³-hybridized carbons (Fsp3) is 0.556. The zero-order valence-corrected chi connectivity index (χ0v) is 16.8. The van der Waals surface area contributed by atoms with Gasteiger partial charge in [-0.25, -0.2) is 18.3 Å². The van der Waals surface area contributed by atoms with Gasteiger partial charge in [-0.3, -0.25) is 14.8 Å². The molecule has 0 heterocycles. The van der Waals surface area contributed by atoms with E-state index in [0.29, 0.717) is 25.7 Å². The predicted molar refractivity (Wildman–Crippen MR) is 99.8 cm³/mol. The minimum absolute atomic E-state index is 0.0340. The van der Waals surface area contributed by atoms with Crippen LogP contribution < -0.4 is 5.48 Å². The van der Waals surface area contributed by atoms with Crippen LogP contribution in [0.2, 0.25) is 0 Å². The van der Waals surface area contributed by atoms with Crippen molar-refractivity contribution in [2.24, 2.45) is 0 Å². The van der Waals surface area contributed by atoms with Crippen LogP contribution in [0.15, 0.2) is 23.1 Å². The first kappa shape index (κ1) is 24.0. The van der Waals surface area contributed by atoms with Crippen LogP contribution in [-0.4, -0.2) is 47.5 Å². The SMILES string of the molecule is Cc1cc(S(=O)(=O)N(CCCCCCCC(=O)O)[C@H](C)C(=O)NO)ccc1F. The van der Waals surface area contributed by atoms with Crippen LogP contribution in [0.3, 0.4) is 0 Å². The molecule has 28 heavy (non-hydrogen) atoms. The van der Waals surface area contributed by atoms with Crippen molar-refractivity contribution in [3.05, 3.63) is 29.6 Å². The van der Waals surface area contributed by atoms with Crippen molar-refractivity contribution in [3.63, 3.8) is 0 Å². The number of hydroxylamine groups is 1. The molecule has 0 saturated carbocycles. The van der Waals surface area contributed by atoms with Gasteiger partial charge in [0.2, 0.25) is 10.0 Å². The maximum atomic E-state index is 13.5. The van der Waals surface area contributed by atoms with Crippen LogP contribution in [0.4, 0.5) is 4.39 Å². The first-order valence-electron chi connectivity index (χ1n) is 9.05. The molecule has 0 radical (unpaired) electrons. The number of aryl methyl sites for hydroxylation is 1. The molecule has 0 saturated heterocycles. The van der Waals surface area contributed by atoms with Crippen molar-refractivity contribution in [1.29, 1.82) is 0 Å².